The van der Waals surface area contributed by atoms with Crippen LogP contribution >= 0.6 is 0 Å². The van der Waals surface area contributed by atoms with Crippen LogP contribution < -0.4 is 0 Å². The van der Waals surface area contributed by atoms with Gasteiger partial charge in [-0.3, -0.25) is 9.69 Å². The first kappa shape index (κ1) is 33.3. The monoisotopic (exact) mass is 613 g/mol. The molecule has 0 unspecified atom stereocenters. The van der Waals surface area contributed by atoms with Gasteiger partial charge in [0.25, 0.3) is 5.91 Å². The van der Waals surface area contributed by atoms with Gasteiger partial charge >= 0.3 is 12.4 Å². The third-order valence-corrected chi connectivity index (χ3v) is 8.60. The highest BCUT2D eigenvalue weighted by Crippen LogP contribution is 2.37. The van der Waals surface area contributed by atoms with Gasteiger partial charge in [0.05, 0.1) is 17.7 Å². The van der Waals surface area contributed by atoms with Gasteiger partial charge in [-0.1, -0.05) is 18.2 Å². The summed E-state index contributed by atoms with van der Waals surface area (Å²) in [5.41, 5.74) is -0.437. The molecule has 2 aliphatic heterocycles. The van der Waals surface area contributed by atoms with E-state index in [0.717, 1.165) is 62.3 Å². The first-order valence-electron chi connectivity index (χ1n) is 14.9. The van der Waals surface area contributed by atoms with E-state index >= 15 is 0 Å². The van der Waals surface area contributed by atoms with Crippen LogP contribution in [0.15, 0.2) is 36.4 Å². The predicted octanol–water partition coefficient (Wildman–Crippen LogP) is 6.46. The minimum Gasteiger partial charge on any atom is -0.381 e. The smallest absolute Gasteiger partial charge is 0.381 e. The molecule has 2 heterocycles. The second-order valence-electron chi connectivity index (χ2n) is 11.8. The maximum absolute atomic E-state index is 13.7. The Bertz CT molecular complexity index is 1220. The van der Waals surface area contributed by atoms with E-state index in [1.807, 2.05) is 39.0 Å². The Morgan fingerprint density at radius 2 is 1.51 bits per heavy atom. The number of rotatable bonds is 9. The van der Waals surface area contributed by atoms with E-state index < -0.39 is 41.0 Å². The topological polar surface area (TPSA) is 36.0 Å². The van der Waals surface area contributed by atoms with Crippen LogP contribution in [0.3, 0.4) is 0 Å². The number of likely N-dealkylation sites (tertiary alicyclic amines) is 1. The van der Waals surface area contributed by atoms with Crippen molar-refractivity contribution in [2.45, 2.75) is 58.4 Å². The number of carbonyl (C=O) groups is 1. The summed E-state index contributed by atoms with van der Waals surface area (Å²) in [5.74, 6) is -0.324. The SMILES string of the molecule is CCOC[C@H]1CCCN(CCN2CCN(C(=O)c3cc(C(F)(F)F)cc(C(F)(F)F)c3)[C@H](Cc3ccc(C)c(C)c3)C2)C1. The second-order valence-corrected chi connectivity index (χ2v) is 11.8. The first-order chi connectivity index (χ1) is 20.2. The van der Waals surface area contributed by atoms with Gasteiger partial charge < -0.3 is 14.5 Å². The Morgan fingerprint density at radius 3 is 2.12 bits per heavy atom. The number of ether oxygens (including phenoxy) is 1. The van der Waals surface area contributed by atoms with Crippen molar-refractivity contribution in [1.82, 2.24) is 14.7 Å². The van der Waals surface area contributed by atoms with Gasteiger partial charge in [-0.25, -0.2) is 0 Å². The molecule has 1 amide bonds. The minimum absolute atomic E-state index is 0.0564. The second kappa shape index (κ2) is 14.0. The fourth-order valence-corrected chi connectivity index (χ4v) is 6.07. The van der Waals surface area contributed by atoms with Gasteiger partial charge in [0.15, 0.2) is 0 Å². The van der Waals surface area contributed by atoms with Gasteiger partial charge in [0.2, 0.25) is 0 Å². The first-order valence-corrected chi connectivity index (χ1v) is 14.9. The van der Waals surface area contributed by atoms with Gasteiger partial charge in [-0.2, -0.15) is 26.3 Å². The highest BCUT2D eigenvalue weighted by molar-refractivity contribution is 5.95. The van der Waals surface area contributed by atoms with Crippen molar-refractivity contribution in [2.75, 3.05) is 59.0 Å². The van der Waals surface area contributed by atoms with E-state index in [4.69, 9.17) is 4.74 Å². The number of halogens is 6. The molecule has 0 N–H and O–H groups in total. The molecule has 2 aliphatic rings. The normalized spacial score (nSPS) is 20.9. The van der Waals surface area contributed by atoms with Gasteiger partial charge in [0.1, 0.15) is 0 Å². The summed E-state index contributed by atoms with van der Waals surface area (Å²) in [5, 5.41) is 0. The largest absolute Gasteiger partial charge is 0.416 e. The summed E-state index contributed by atoms with van der Waals surface area (Å²) in [7, 11) is 0. The minimum atomic E-state index is -5.02. The summed E-state index contributed by atoms with van der Waals surface area (Å²) >= 11 is 0. The number of piperazine rings is 1. The van der Waals surface area contributed by atoms with Crippen molar-refractivity contribution in [3.8, 4) is 0 Å². The summed E-state index contributed by atoms with van der Waals surface area (Å²) in [6, 6.07) is 6.67. The van der Waals surface area contributed by atoms with Crippen molar-refractivity contribution >= 4 is 5.91 Å². The Labute approximate surface area is 249 Å². The quantitative estimate of drug-likeness (QED) is 0.305. The third-order valence-electron chi connectivity index (χ3n) is 8.60. The average molecular weight is 614 g/mol. The van der Waals surface area contributed by atoms with Crippen molar-refractivity contribution in [1.29, 1.82) is 0 Å². The number of carbonyl (C=O) groups excluding carboxylic acids is 1. The number of benzene rings is 2. The highest BCUT2D eigenvalue weighted by atomic mass is 19.4. The van der Waals surface area contributed by atoms with Crippen molar-refractivity contribution in [3.63, 3.8) is 0 Å². The van der Waals surface area contributed by atoms with E-state index in [1.54, 1.807) is 0 Å². The molecule has 2 fully saturated rings. The number of hydrogen-bond donors (Lipinski definition) is 0. The Morgan fingerprint density at radius 1 is 0.860 bits per heavy atom. The maximum atomic E-state index is 13.7. The molecule has 43 heavy (non-hydrogen) atoms. The maximum Gasteiger partial charge on any atom is 0.416 e. The zero-order valence-corrected chi connectivity index (χ0v) is 25.0. The number of nitrogens with zero attached hydrogens (tertiary/aromatic N) is 3. The Hall–Kier alpha value is -2.63. The molecule has 11 heteroatoms. The average Bonchev–Trinajstić information content (AvgIpc) is 2.96. The zero-order valence-electron chi connectivity index (χ0n) is 25.0. The third kappa shape index (κ3) is 8.95. The van der Waals surface area contributed by atoms with Crippen LogP contribution in [0, 0.1) is 19.8 Å². The molecule has 0 aliphatic carbocycles. The standard InChI is InChI=1S/C32H41F6N3O2/c1-4-43-21-25-6-5-9-39(19-25)10-11-40-12-13-41(29(20-40)15-24-8-7-22(2)23(3)14-24)30(42)26-16-27(31(33,34)35)18-28(17-26)32(36,37)38/h7-8,14,16-18,25,29H,4-6,9-13,15,19-21H2,1-3H3/t25-,29+/m0/s1. The fraction of sp³-hybridized carbons (Fsp3) is 0.594. The van der Waals surface area contributed by atoms with Crippen molar-refractivity contribution < 1.29 is 35.9 Å². The van der Waals surface area contributed by atoms with E-state index in [1.165, 1.54) is 4.90 Å². The number of aryl methyl sites for hydroxylation is 2. The molecule has 5 nitrogen and oxygen atoms in total. The lowest BCUT2D eigenvalue weighted by atomic mass is 9.97. The lowest BCUT2D eigenvalue weighted by Crippen LogP contribution is -2.57. The lowest BCUT2D eigenvalue weighted by molar-refractivity contribution is -0.143. The molecule has 0 radical (unpaired) electrons. The molecule has 2 saturated heterocycles. The molecular weight excluding hydrogens is 572 g/mol. The summed E-state index contributed by atoms with van der Waals surface area (Å²) < 4.78 is 86.9. The summed E-state index contributed by atoms with van der Waals surface area (Å²) in [6.45, 7) is 12.1. The van der Waals surface area contributed by atoms with Crippen LogP contribution in [0.2, 0.25) is 0 Å². The Kier molecular flexibility index (Phi) is 10.8. The van der Waals surface area contributed by atoms with Crippen molar-refractivity contribution in [2.24, 2.45) is 5.92 Å². The molecule has 2 aromatic rings. The van der Waals surface area contributed by atoms with Crippen LogP contribution in [0.25, 0.3) is 0 Å². The van der Waals surface area contributed by atoms with Crippen LogP contribution in [0.1, 0.15) is 57.9 Å². The molecule has 4 rings (SSSR count). The van der Waals surface area contributed by atoms with E-state index in [-0.39, 0.29) is 12.6 Å². The van der Waals surface area contributed by atoms with Crippen LogP contribution in [-0.2, 0) is 23.5 Å². The Balaban J connectivity index is 1.54. The number of alkyl halides is 6. The number of hydrogen-bond acceptors (Lipinski definition) is 4. The van der Waals surface area contributed by atoms with Crippen LogP contribution in [0.4, 0.5) is 26.3 Å². The lowest BCUT2D eigenvalue weighted by Gasteiger charge is -2.43. The molecule has 0 aromatic heterocycles. The van der Waals surface area contributed by atoms with Gasteiger partial charge in [-0.15, -0.1) is 0 Å². The van der Waals surface area contributed by atoms with Gasteiger partial charge in [0, 0.05) is 57.5 Å². The number of piperidine rings is 1. The fourth-order valence-electron chi connectivity index (χ4n) is 6.07. The summed E-state index contributed by atoms with van der Waals surface area (Å²) in [4.78, 5) is 19.8. The molecule has 0 spiro atoms. The molecule has 0 saturated carbocycles. The highest BCUT2D eigenvalue weighted by Gasteiger charge is 2.39. The van der Waals surface area contributed by atoms with Gasteiger partial charge in [-0.05, 0) is 87.4 Å². The van der Waals surface area contributed by atoms with Crippen molar-refractivity contribution in [3.05, 3.63) is 69.8 Å². The van der Waals surface area contributed by atoms with Crippen LogP contribution in [-0.4, -0.2) is 85.7 Å². The number of amides is 1. The predicted molar refractivity (Wildman–Crippen MR) is 153 cm³/mol. The van der Waals surface area contributed by atoms with E-state index in [9.17, 15) is 31.1 Å². The van der Waals surface area contributed by atoms with Crippen LogP contribution in [0.5, 0.6) is 0 Å². The van der Waals surface area contributed by atoms with E-state index in [0.29, 0.717) is 44.2 Å². The van der Waals surface area contributed by atoms with E-state index in [2.05, 4.69) is 9.80 Å². The molecule has 2 aromatic carbocycles. The zero-order chi connectivity index (χ0) is 31.4. The molecule has 2 atom stereocenters. The summed E-state index contributed by atoms with van der Waals surface area (Å²) in [6.07, 6.45) is -7.37. The molecule has 0 bridgehead atoms. The molecular formula is C32H41F6N3O2. The molecule has 238 valence electrons.